The third-order valence-corrected chi connectivity index (χ3v) is 6.15. The van der Waals surface area contributed by atoms with Crippen molar-refractivity contribution >= 4 is 33.4 Å². The van der Waals surface area contributed by atoms with Gasteiger partial charge in [0.15, 0.2) is 0 Å². The molecule has 0 spiro atoms. The molecule has 1 fully saturated rings. The van der Waals surface area contributed by atoms with Gasteiger partial charge in [0.2, 0.25) is 0 Å². The second-order valence-electron chi connectivity index (χ2n) is 6.79. The molecule has 0 bridgehead atoms. The molecule has 6 nitrogen and oxygen atoms in total. The Morgan fingerprint density at radius 3 is 2.52 bits per heavy atom. The number of carboxylic acid groups (broad SMARTS) is 2. The van der Waals surface area contributed by atoms with Gasteiger partial charge >= 0.3 is 11.9 Å². The lowest BCUT2D eigenvalue weighted by Crippen LogP contribution is -2.32. The highest BCUT2D eigenvalue weighted by molar-refractivity contribution is 7.17. The Bertz CT molecular complexity index is 1100. The van der Waals surface area contributed by atoms with Crippen LogP contribution >= 0.6 is 11.3 Å². The normalized spacial score (nSPS) is 19.8. The molecule has 1 aliphatic carbocycles. The molecular weight excluding hydrogens is 364 g/mol. The van der Waals surface area contributed by atoms with Crippen LogP contribution in [0.2, 0.25) is 0 Å². The van der Waals surface area contributed by atoms with E-state index in [0.29, 0.717) is 22.5 Å². The van der Waals surface area contributed by atoms with Crippen LogP contribution in [0.3, 0.4) is 0 Å². The number of nitrogens with zero attached hydrogens (tertiary/aromatic N) is 1. The van der Waals surface area contributed by atoms with E-state index in [1.807, 2.05) is 6.07 Å². The van der Waals surface area contributed by atoms with Crippen molar-refractivity contribution in [1.29, 1.82) is 5.26 Å². The van der Waals surface area contributed by atoms with E-state index in [4.69, 9.17) is 0 Å². The first-order chi connectivity index (χ1) is 12.9. The summed E-state index contributed by atoms with van der Waals surface area (Å²) in [5.41, 5.74) is 2.35. The molecule has 27 heavy (non-hydrogen) atoms. The van der Waals surface area contributed by atoms with Gasteiger partial charge in [-0.05, 0) is 48.1 Å². The number of carboxylic acids is 2. The van der Waals surface area contributed by atoms with Crippen LogP contribution in [0.4, 0.5) is 0 Å². The molecule has 1 atom stereocenters. The van der Waals surface area contributed by atoms with Gasteiger partial charge in [-0.15, -0.1) is 11.3 Å². The van der Waals surface area contributed by atoms with Gasteiger partial charge in [0.25, 0.3) is 0 Å². The Morgan fingerprint density at radius 2 is 1.93 bits per heavy atom. The van der Waals surface area contributed by atoms with Gasteiger partial charge in [-0.3, -0.25) is 0 Å². The molecule has 0 radical (unpaired) electrons. The summed E-state index contributed by atoms with van der Waals surface area (Å²) in [4.78, 5) is 24.2. The van der Waals surface area contributed by atoms with Gasteiger partial charge in [0.05, 0.1) is 27.3 Å². The molecule has 4 rings (SSSR count). The maximum atomic E-state index is 12.2. The fourth-order valence-corrected chi connectivity index (χ4v) is 4.83. The van der Waals surface area contributed by atoms with E-state index in [-0.39, 0.29) is 17.1 Å². The molecule has 2 aromatic rings. The number of rotatable bonds is 4. The Hall–Kier alpha value is -3.11. The molecule has 1 aromatic heterocycles. The highest BCUT2D eigenvalue weighted by Crippen LogP contribution is 2.48. The quantitative estimate of drug-likeness (QED) is 0.748. The minimum absolute atomic E-state index is 0.0406. The van der Waals surface area contributed by atoms with E-state index in [2.05, 4.69) is 11.4 Å². The standard InChI is InChI=1S/C20H16N2O4S/c1-9-14(19(23)24)15(16(20(25)26)17(22-9)10-5-6-10)13-8-27-18-11(7-21)3-2-4-12(13)18/h2-4,8,10,15,22H,5-6H2,1H3,(H,23,24)(H,25,26). The van der Waals surface area contributed by atoms with Gasteiger partial charge in [-0.2, -0.15) is 5.26 Å². The minimum atomic E-state index is -1.14. The monoisotopic (exact) mass is 380 g/mol. The van der Waals surface area contributed by atoms with Crippen LogP contribution in [-0.4, -0.2) is 22.2 Å². The minimum Gasteiger partial charge on any atom is -0.478 e. The first-order valence-electron chi connectivity index (χ1n) is 8.52. The third-order valence-electron chi connectivity index (χ3n) is 5.10. The molecule has 0 amide bonds. The summed E-state index contributed by atoms with van der Waals surface area (Å²) in [6.07, 6.45) is 1.79. The predicted octanol–water partition coefficient (Wildman–Crippen LogP) is 3.57. The second kappa shape index (κ2) is 6.25. The number of hydrogen-bond acceptors (Lipinski definition) is 5. The van der Waals surface area contributed by atoms with Crippen molar-refractivity contribution < 1.29 is 19.8 Å². The van der Waals surface area contributed by atoms with Gasteiger partial charge in [-0.25, -0.2) is 9.59 Å². The lowest BCUT2D eigenvalue weighted by molar-refractivity contribution is -0.133. The summed E-state index contributed by atoms with van der Waals surface area (Å²) in [5.74, 6) is -3.01. The number of benzene rings is 1. The van der Waals surface area contributed by atoms with E-state index >= 15 is 0 Å². The van der Waals surface area contributed by atoms with Gasteiger partial charge in [0, 0.05) is 11.4 Å². The lowest BCUT2D eigenvalue weighted by atomic mass is 9.79. The summed E-state index contributed by atoms with van der Waals surface area (Å²) in [5, 5.41) is 34.7. The largest absolute Gasteiger partial charge is 0.478 e. The van der Waals surface area contributed by atoms with E-state index in [0.717, 1.165) is 22.9 Å². The van der Waals surface area contributed by atoms with Gasteiger partial charge in [-0.1, -0.05) is 12.1 Å². The predicted molar refractivity (Wildman–Crippen MR) is 100 cm³/mol. The zero-order valence-electron chi connectivity index (χ0n) is 14.4. The SMILES string of the molecule is CC1=C(C(=O)O)C(c2csc3c(C#N)cccc23)C(C(=O)O)=C(C2CC2)N1. The maximum Gasteiger partial charge on any atom is 0.334 e. The summed E-state index contributed by atoms with van der Waals surface area (Å²) < 4.78 is 0.744. The Labute approximate surface area is 159 Å². The topological polar surface area (TPSA) is 110 Å². The van der Waals surface area contributed by atoms with E-state index in [1.165, 1.54) is 11.3 Å². The van der Waals surface area contributed by atoms with E-state index in [9.17, 15) is 25.1 Å². The Morgan fingerprint density at radius 1 is 1.22 bits per heavy atom. The fourth-order valence-electron chi connectivity index (χ4n) is 3.77. The number of dihydropyridines is 1. The molecule has 3 N–H and O–H groups in total. The van der Waals surface area contributed by atoms with Crippen LogP contribution < -0.4 is 5.32 Å². The maximum absolute atomic E-state index is 12.2. The summed E-state index contributed by atoms with van der Waals surface area (Å²) in [6.45, 7) is 1.67. The molecule has 1 unspecified atom stereocenters. The number of hydrogen-bond donors (Lipinski definition) is 3. The van der Waals surface area contributed by atoms with Crippen molar-refractivity contribution in [3.63, 3.8) is 0 Å². The van der Waals surface area contributed by atoms with Crippen molar-refractivity contribution in [1.82, 2.24) is 5.32 Å². The van der Waals surface area contributed by atoms with Crippen molar-refractivity contribution in [2.75, 3.05) is 0 Å². The lowest BCUT2D eigenvalue weighted by Gasteiger charge is -2.30. The van der Waals surface area contributed by atoms with Crippen molar-refractivity contribution in [2.24, 2.45) is 5.92 Å². The van der Waals surface area contributed by atoms with Crippen LogP contribution in [0.1, 0.15) is 36.8 Å². The van der Waals surface area contributed by atoms with Crippen molar-refractivity contribution in [2.45, 2.75) is 25.7 Å². The van der Waals surface area contributed by atoms with Gasteiger partial charge < -0.3 is 15.5 Å². The van der Waals surface area contributed by atoms with Crippen LogP contribution in [0, 0.1) is 17.2 Å². The van der Waals surface area contributed by atoms with E-state index < -0.39 is 17.9 Å². The molecule has 1 aliphatic heterocycles. The first-order valence-corrected chi connectivity index (χ1v) is 9.40. The molecule has 2 aliphatic rings. The highest BCUT2D eigenvalue weighted by Gasteiger charge is 2.42. The molecule has 7 heteroatoms. The van der Waals surface area contributed by atoms with Crippen LogP contribution in [0.25, 0.3) is 10.1 Å². The van der Waals surface area contributed by atoms with Crippen LogP contribution in [0.15, 0.2) is 46.1 Å². The number of aliphatic carboxylic acids is 2. The van der Waals surface area contributed by atoms with Crippen LogP contribution in [-0.2, 0) is 9.59 Å². The zero-order chi connectivity index (χ0) is 19.3. The fraction of sp³-hybridized carbons (Fsp3) is 0.250. The average Bonchev–Trinajstić information content (AvgIpc) is 3.38. The Balaban J connectivity index is 2.01. The van der Waals surface area contributed by atoms with E-state index in [1.54, 1.807) is 24.4 Å². The smallest absolute Gasteiger partial charge is 0.334 e. The molecule has 1 saturated carbocycles. The molecule has 0 saturated heterocycles. The number of nitrogens with one attached hydrogen (secondary N) is 1. The molecule has 2 heterocycles. The summed E-state index contributed by atoms with van der Waals surface area (Å²) in [6, 6.07) is 7.40. The molecule has 1 aromatic carbocycles. The van der Waals surface area contributed by atoms with Gasteiger partial charge in [0.1, 0.15) is 6.07 Å². The van der Waals surface area contributed by atoms with Crippen molar-refractivity contribution in [3.8, 4) is 6.07 Å². The Kier molecular flexibility index (Phi) is 4.01. The van der Waals surface area contributed by atoms with Crippen molar-refractivity contribution in [3.05, 3.63) is 57.2 Å². The van der Waals surface area contributed by atoms with Crippen LogP contribution in [0.5, 0.6) is 0 Å². The molecular formula is C20H16N2O4S. The average molecular weight is 380 g/mol. The first kappa shape index (κ1) is 17.3. The summed E-state index contributed by atoms with van der Waals surface area (Å²) >= 11 is 1.34. The number of carbonyl (C=O) groups is 2. The number of nitriles is 1. The second-order valence-corrected chi connectivity index (χ2v) is 7.67. The number of thiophene rings is 1. The zero-order valence-corrected chi connectivity index (χ0v) is 15.3. The third kappa shape index (κ3) is 2.69. The summed E-state index contributed by atoms with van der Waals surface area (Å²) in [7, 11) is 0. The number of allylic oxidation sites excluding steroid dienone is 2. The molecule has 136 valence electrons. The highest BCUT2D eigenvalue weighted by atomic mass is 32.1. The number of fused-ring (bicyclic) bond motifs is 1.